The molecule has 0 unspecified atom stereocenters. The average Bonchev–Trinajstić information content (AvgIpc) is 2.72. The third-order valence-corrected chi connectivity index (χ3v) is 2.84. The number of fused-ring (bicyclic) bond motifs is 1. The molecule has 0 saturated carbocycles. The number of unbranched alkanes of at least 4 members (excludes halogenated alkanes) is 1. The number of H-pyrrole nitrogens is 1. The second-order valence-electron chi connectivity index (χ2n) is 4.29. The molecule has 0 radical (unpaired) electrons. The minimum atomic E-state index is -4.63. The first kappa shape index (κ1) is 13.6. The fourth-order valence-corrected chi connectivity index (χ4v) is 1.82. The molecule has 8 heteroatoms. The minimum Gasteiger partial charge on any atom is -0.267 e. The predicted octanol–water partition coefficient (Wildman–Crippen LogP) is 2.09. The molecule has 1 N–H and O–H groups in total. The van der Waals surface area contributed by atoms with Crippen LogP contribution in [-0.2, 0) is 12.6 Å². The normalized spacial score (nSPS) is 12.3. The van der Waals surface area contributed by atoms with Crippen molar-refractivity contribution in [2.75, 3.05) is 0 Å². The molecule has 0 bridgehead atoms. The van der Waals surface area contributed by atoms with E-state index in [1.807, 2.05) is 12.0 Å². The van der Waals surface area contributed by atoms with Gasteiger partial charge in [-0.15, -0.1) is 0 Å². The van der Waals surface area contributed by atoms with Crippen LogP contribution in [0, 0.1) is 6.92 Å². The van der Waals surface area contributed by atoms with Gasteiger partial charge in [0.1, 0.15) is 0 Å². The van der Waals surface area contributed by atoms with Crippen molar-refractivity contribution in [3.8, 4) is 0 Å². The Kier molecular flexibility index (Phi) is 3.34. The van der Waals surface area contributed by atoms with Crippen LogP contribution in [0.1, 0.15) is 36.8 Å². The van der Waals surface area contributed by atoms with Gasteiger partial charge in [0.05, 0.1) is 5.69 Å². The Labute approximate surface area is 106 Å². The number of hydrogen-bond acceptors (Lipinski definition) is 3. The highest BCUT2D eigenvalue weighted by molar-refractivity contribution is 5.32. The summed E-state index contributed by atoms with van der Waals surface area (Å²) in [6, 6.07) is 0. The molecule has 2 heterocycles. The lowest BCUT2D eigenvalue weighted by atomic mass is 10.1. The summed E-state index contributed by atoms with van der Waals surface area (Å²) >= 11 is 0. The SMILES string of the molecule is CCCCc1c(C)nc2nc(C(F)(F)F)[nH]n2c1=O. The number of aromatic nitrogens is 4. The lowest BCUT2D eigenvalue weighted by molar-refractivity contribution is -0.144. The molecular formula is C11H13F3N4O. The summed E-state index contributed by atoms with van der Waals surface area (Å²) in [5.41, 5.74) is 0.342. The Bertz CT molecular complexity index is 656. The number of rotatable bonds is 3. The molecule has 0 aliphatic heterocycles. The summed E-state index contributed by atoms with van der Waals surface area (Å²) in [7, 11) is 0. The zero-order chi connectivity index (χ0) is 14.2. The van der Waals surface area contributed by atoms with Crippen molar-refractivity contribution in [2.24, 2.45) is 0 Å². The highest BCUT2D eigenvalue weighted by Crippen LogP contribution is 2.25. The van der Waals surface area contributed by atoms with Gasteiger partial charge in [-0.25, -0.2) is 4.98 Å². The molecular weight excluding hydrogens is 261 g/mol. The Hall–Kier alpha value is -1.86. The van der Waals surface area contributed by atoms with Gasteiger partial charge in [-0.3, -0.25) is 9.89 Å². The number of nitrogens with one attached hydrogen (secondary N) is 1. The third-order valence-electron chi connectivity index (χ3n) is 2.84. The van der Waals surface area contributed by atoms with Gasteiger partial charge in [0.25, 0.3) is 11.3 Å². The van der Waals surface area contributed by atoms with Gasteiger partial charge in [0.15, 0.2) is 0 Å². The fraction of sp³-hybridized carbons (Fsp3) is 0.545. The maximum atomic E-state index is 12.5. The van der Waals surface area contributed by atoms with Gasteiger partial charge >= 0.3 is 6.18 Å². The second kappa shape index (κ2) is 4.67. The number of nitrogens with zero attached hydrogens (tertiary/aromatic N) is 3. The molecule has 0 spiro atoms. The first-order valence-corrected chi connectivity index (χ1v) is 5.90. The number of aryl methyl sites for hydroxylation is 1. The topological polar surface area (TPSA) is 63.1 Å². The highest BCUT2D eigenvalue weighted by Gasteiger charge is 2.35. The van der Waals surface area contributed by atoms with Crippen LogP contribution < -0.4 is 5.56 Å². The number of hydrogen-bond donors (Lipinski definition) is 1. The summed E-state index contributed by atoms with van der Waals surface area (Å²) in [6.07, 6.45) is -2.46. The van der Waals surface area contributed by atoms with Crippen molar-refractivity contribution in [1.82, 2.24) is 19.6 Å². The van der Waals surface area contributed by atoms with Crippen molar-refractivity contribution >= 4 is 5.78 Å². The standard InChI is InChI=1S/C11H13F3N4O/c1-3-4-5-7-6(2)15-10-16-9(11(12,13)14)17-18(10)8(7)19/h3-5H2,1-2H3,(H,15,16,17). The first-order valence-electron chi connectivity index (χ1n) is 5.90. The molecule has 0 atom stereocenters. The highest BCUT2D eigenvalue weighted by atomic mass is 19.4. The Morgan fingerprint density at radius 1 is 1.32 bits per heavy atom. The van der Waals surface area contributed by atoms with Gasteiger partial charge in [-0.2, -0.15) is 22.7 Å². The van der Waals surface area contributed by atoms with Gasteiger partial charge < -0.3 is 0 Å². The molecule has 5 nitrogen and oxygen atoms in total. The molecule has 2 aromatic rings. The summed E-state index contributed by atoms with van der Waals surface area (Å²) in [5.74, 6) is -1.47. The largest absolute Gasteiger partial charge is 0.451 e. The number of aromatic amines is 1. The summed E-state index contributed by atoms with van der Waals surface area (Å²) in [4.78, 5) is 19.3. The van der Waals surface area contributed by atoms with Crippen LogP contribution in [0.4, 0.5) is 13.2 Å². The minimum absolute atomic E-state index is 0.255. The van der Waals surface area contributed by atoms with E-state index in [9.17, 15) is 18.0 Å². The van der Waals surface area contributed by atoms with Crippen molar-refractivity contribution in [3.05, 3.63) is 27.4 Å². The fourth-order valence-electron chi connectivity index (χ4n) is 1.82. The quantitative estimate of drug-likeness (QED) is 0.932. The maximum absolute atomic E-state index is 12.5. The van der Waals surface area contributed by atoms with E-state index in [2.05, 4.69) is 9.97 Å². The van der Waals surface area contributed by atoms with E-state index in [0.29, 0.717) is 17.7 Å². The Morgan fingerprint density at radius 3 is 2.58 bits per heavy atom. The van der Waals surface area contributed by atoms with E-state index < -0.39 is 17.6 Å². The molecule has 0 saturated heterocycles. The molecule has 0 fully saturated rings. The molecule has 0 aromatic carbocycles. The Balaban J connectivity index is 2.60. The molecule has 19 heavy (non-hydrogen) atoms. The van der Waals surface area contributed by atoms with Crippen molar-refractivity contribution in [3.63, 3.8) is 0 Å². The van der Waals surface area contributed by atoms with Crippen LogP contribution in [0.15, 0.2) is 4.79 Å². The summed E-state index contributed by atoms with van der Waals surface area (Å²) in [6.45, 7) is 3.57. The lowest BCUT2D eigenvalue weighted by Gasteiger charge is -2.03. The van der Waals surface area contributed by atoms with Crippen LogP contribution in [0.3, 0.4) is 0 Å². The van der Waals surface area contributed by atoms with Crippen LogP contribution in [0.25, 0.3) is 5.78 Å². The number of halogens is 3. The van der Waals surface area contributed by atoms with Crippen molar-refractivity contribution in [1.29, 1.82) is 0 Å². The van der Waals surface area contributed by atoms with E-state index in [-0.39, 0.29) is 5.78 Å². The molecule has 0 aliphatic carbocycles. The number of alkyl halides is 3. The summed E-state index contributed by atoms with van der Waals surface area (Å²) in [5, 5.41) is 1.95. The molecule has 2 aromatic heterocycles. The predicted molar refractivity (Wildman–Crippen MR) is 62.0 cm³/mol. The van der Waals surface area contributed by atoms with E-state index >= 15 is 0 Å². The van der Waals surface area contributed by atoms with Crippen molar-refractivity contribution in [2.45, 2.75) is 39.3 Å². The van der Waals surface area contributed by atoms with Crippen LogP contribution >= 0.6 is 0 Å². The first-order chi connectivity index (χ1) is 8.84. The smallest absolute Gasteiger partial charge is 0.267 e. The maximum Gasteiger partial charge on any atom is 0.451 e. The average molecular weight is 274 g/mol. The second-order valence-corrected chi connectivity index (χ2v) is 4.29. The zero-order valence-electron chi connectivity index (χ0n) is 10.5. The third kappa shape index (κ3) is 2.47. The van der Waals surface area contributed by atoms with Crippen LogP contribution in [0.5, 0.6) is 0 Å². The Morgan fingerprint density at radius 2 is 2.00 bits per heavy atom. The van der Waals surface area contributed by atoms with E-state index in [1.165, 1.54) is 0 Å². The van der Waals surface area contributed by atoms with E-state index in [1.54, 1.807) is 6.92 Å². The molecule has 2 rings (SSSR count). The van der Waals surface area contributed by atoms with Gasteiger partial charge in [-0.1, -0.05) is 13.3 Å². The van der Waals surface area contributed by atoms with Gasteiger partial charge in [0, 0.05) is 5.56 Å². The van der Waals surface area contributed by atoms with Gasteiger partial charge in [0.2, 0.25) is 5.82 Å². The summed E-state index contributed by atoms with van der Waals surface area (Å²) < 4.78 is 38.3. The lowest BCUT2D eigenvalue weighted by Crippen LogP contribution is -2.22. The zero-order valence-corrected chi connectivity index (χ0v) is 10.5. The van der Waals surface area contributed by atoms with Crippen LogP contribution in [-0.4, -0.2) is 19.6 Å². The molecule has 104 valence electrons. The van der Waals surface area contributed by atoms with Crippen molar-refractivity contribution < 1.29 is 13.2 Å². The van der Waals surface area contributed by atoms with Gasteiger partial charge in [-0.05, 0) is 19.8 Å². The van der Waals surface area contributed by atoms with E-state index in [0.717, 1.165) is 17.4 Å². The monoisotopic (exact) mass is 274 g/mol. The van der Waals surface area contributed by atoms with E-state index in [4.69, 9.17) is 0 Å². The van der Waals surface area contributed by atoms with Crippen LogP contribution in [0.2, 0.25) is 0 Å². The molecule has 0 amide bonds. The molecule has 0 aliphatic rings.